The van der Waals surface area contributed by atoms with Crippen LogP contribution in [0.1, 0.15) is 31.7 Å². The molecule has 0 saturated heterocycles. The van der Waals surface area contributed by atoms with Crippen LogP contribution in [0, 0.1) is 0 Å². The number of phenolic OH excluding ortho intramolecular Hbond substituents is 2. The number of hydrogen-bond donors (Lipinski definition) is 2. The second-order valence-electron chi connectivity index (χ2n) is 4.20. The molecule has 0 aliphatic carbocycles. The molecule has 2 rings (SSSR count). The first-order valence-corrected chi connectivity index (χ1v) is 6.46. The average molecular weight is 274 g/mol. The number of carbonyl (C=O) groups excluding carboxylic acids is 1. The molecule has 0 aliphatic heterocycles. The lowest BCUT2D eigenvalue weighted by molar-refractivity contribution is -0.0979. The Hall–Kier alpha value is -2.29. The lowest BCUT2D eigenvalue weighted by Gasteiger charge is -2.09. The van der Waals surface area contributed by atoms with Crippen molar-refractivity contribution in [1.82, 2.24) is 0 Å². The van der Waals surface area contributed by atoms with Gasteiger partial charge < -0.3 is 15.0 Å². The van der Waals surface area contributed by atoms with Gasteiger partial charge in [0.2, 0.25) is 0 Å². The number of phenols is 2. The molecule has 0 spiro atoms. The molecule has 20 heavy (non-hydrogen) atoms. The first-order valence-electron chi connectivity index (χ1n) is 6.46. The SMILES string of the molecule is C=O.CCC(C)c1ccccc1O.Oc1ccccc1. The molecule has 1 unspecified atom stereocenters. The standard InChI is InChI=1S/C10H14O.C6H6O.CH2O/c1-3-8(2)9-6-4-5-7-10(9)11;7-6-4-2-1-3-5-6;1-2/h4-8,11H,3H2,1-2H3;1-5,7H;1H2. The van der Waals surface area contributed by atoms with E-state index in [1.165, 1.54) is 0 Å². The molecule has 0 saturated carbocycles. The van der Waals surface area contributed by atoms with Gasteiger partial charge in [-0.05, 0) is 36.1 Å². The van der Waals surface area contributed by atoms with E-state index in [0.717, 1.165) is 12.0 Å². The van der Waals surface area contributed by atoms with Gasteiger partial charge in [-0.2, -0.15) is 0 Å². The molecule has 1 atom stereocenters. The van der Waals surface area contributed by atoms with E-state index in [4.69, 9.17) is 9.90 Å². The molecule has 108 valence electrons. The van der Waals surface area contributed by atoms with Gasteiger partial charge in [-0.3, -0.25) is 0 Å². The predicted octanol–water partition coefficient (Wildman–Crippen LogP) is 4.11. The second-order valence-corrected chi connectivity index (χ2v) is 4.20. The third kappa shape index (κ3) is 6.59. The summed E-state index contributed by atoms with van der Waals surface area (Å²) in [7, 11) is 0. The maximum absolute atomic E-state index is 9.41. The molecule has 3 nitrogen and oxygen atoms in total. The first kappa shape index (κ1) is 17.7. The van der Waals surface area contributed by atoms with Crippen LogP contribution in [0.25, 0.3) is 0 Å². The van der Waals surface area contributed by atoms with Crippen LogP contribution in [0.5, 0.6) is 11.5 Å². The van der Waals surface area contributed by atoms with Gasteiger partial charge in [0, 0.05) is 0 Å². The molecule has 0 aliphatic rings. The maximum atomic E-state index is 9.41. The summed E-state index contributed by atoms with van der Waals surface area (Å²) in [6.07, 6.45) is 1.07. The van der Waals surface area contributed by atoms with Crippen molar-refractivity contribution in [3.8, 4) is 11.5 Å². The zero-order chi connectivity index (χ0) is 15.4. The monoisotopic (exact) mass is 274 g/mol. The Morgan fingerprint density at radius 1 is 0.950 bits per heavy atom. The summed E-state index contributed by atoms with van der Waals surface area (Å²) in [5.74, 6) is 1.19. The zero-order valence-electron chi connectivity index (χ0n) is 12.0. The summed E-state index contributed by atoms with van der Waals surface area (Å²) in [5.41, 5.74) is 1.05. The van der Waals surface area contributed by atoms with Gasteiger partial charge in [0.05, 0.1) is 0 Å². The van der Waals surface area contributed by atoms with Gasteiger partial charge in [0.25, 0.3) is 0 Å². The van der Waals surface area contributed by atoms with Gasteiger partial charge in [-0.25, -0.2) is 0 Å². The minimum Gasteiger partial charge on any atom is -0.508 e. The lowest BCUT2D eigenvalue weighted by Crippen LogP contribution is -1.90. The van der Waals surface area contributed by atoms with Crippen LogP contribution in [0.4, 0.5) is 0 Å². The maximum Gasteiger partial charge on any atom is 0.119 e. The van der Waals surface area contributed by atoms with E-state index in [2.05, 4.69) is 13.8 Å². The summed E-state index contributed by atoms with van der Waals surface area (Å²) in [5, 5.41) is 18.0. The highest BCUT2D eigenvalue weighted by molar-refractivity contribution is 5.34. The fourth-order valence-electron chi connectivity index (χ4n) is 1.55. The molecule has 0 fully saturated rings. The highest BCUT2D eigenvalue weighted by atomic mass is 16.3. The number of hydrogen-bond acceptors (Lipinski definition) is 3. The molecule has 0 heterocycles. The molecular weight excluding hydrogens is 252 g/mol. The summed E-state index contributed by atoms with van der Waals surface area (Å²) in [6.45, 7) is 6.24. The van der Waals surface area contributed by atoms with E-state index < -0.39 is 0 Å². The Kier molecular flexibility index (Phi) is 9.40. The smallest absolute Gasteiger partial charge is 0.119 e. The topological polar surface area (TPSA) is 57.5 Å². The largest absolute Gasteiger partial charge is 0.508 e. The minimum absolute atomic E-state index is 0.322. The Bertz CT molecular complexity index is 469. The van der Waals surface area contributed by atoms with Crippen molar-refractivity contribution in [1.29, 1.82) is 0 Å². The van der Waals surface area contributed by atoms with E-state index >= 15 is 0 Å². The molecule has 0 amide bonds. The Morgan fingerprint density at radius 2 is 1.45 bits per heavy atom. The lowest BCUT2D eigenvalue weighted by atomic mass is 9.98. The van der Waals surface area contributed by atoms with Crippen LogP contribution in [0.2, 0.25) is 0 Å². The average Bonchev–Trinajstić information content (AvgIpc) is 2.50. The summed E-state index contributed by atoms with van der Waals surface area (Å²) < 4.78 is 0. The Morgan fingerprint density at radius 3 is 1.85 bits per heavy atom. The van der Waals surface area contributed by atoms with Gasteiger partial charge in [-0.15, -0.1) is 0 Å². The van der Waals surface area contributed by atoms with Crippen LogP contribution in [-0.2, 0) is 4.79 Å². The third-order valence-electron chi connectivity index (χ3n) is 2.84. The third-order valence-corrected chi connectivity index (χ3v) is 2.84. The van der Waals surface area contributed by atoms with Crippen LogP contribution in [0.15, 0.2) is 54.6 Å². The van der Waals surface area contributed by atoms with Crippen molar-refractivity contribution in [2.75, 3.05) is 0 Å². The van der Waals surface area contributed by atoms with Crippen molar-refractivity contribution in [3.05, 3.63) is 60.2 Å². The molecule has 0 aromatic heterocycles. The van der Waals surface area contributed by atoms with E-state index in [-0.39, 0.29) is 0 Å². The van der Waals surface area contributed by atoms with Crippen molar-refractivity contribution in [2.45, 2.75) is 26.2 Å². The number of carbonyl (C=O) groups is 1. The highest BCUT2D eigenvalue weighted by Gasteiger charge is 2.05. The second kappa shape index (κ2) is 10.6. The summed E-state index contributed by atoms with van der Waals surface area (Å²) in [4.78, 5) is 8.00. The molecule has 2 aromatic carbocycles. The summed E-state index contributed by atoms with van der Waals surface area (Å²) >= 11 is 0. The highest BCUT2D eigenvalue weighted by Crippen LogP contribution is 2.26. The van der Waals surface area contributed by atoms with Crippen molar-refractivity contribution >= 4 is 6.79 Å². The molecule has 2 aromatic rings. The van der Waals surface area contributed by atoms with Crippen LogP contribution in [0.3, 0.4) is 0 Å². The van der Waals surface area contributed by atoms with Crippen molar-refractivity contribution in [2.24, 2.45) is 0 Å². The zero-order valence-corrected chi connectivity index (χ0v) is 12.0. The fraction of sp³-hybridized carbons (Fsp3) is 0.235. The van der Waals surface area contributed by atoms with Crippen LogP contribution >= 0.6 is 0 Å². The van der Waals surface area contributed by atoms with Crippen molar-refractivity contribution in [3.63, 3.8) is 0 Å². The number of aromatic hydroxyl groups is 2. The molecule has 2 N–H and O–H groups in total. The first-order chi connectivity index (χ1) is 9.65. The number of benzene rings is 2. The minimum atomic E-state index is 0.322. The molecule has 3 heteroatoms. The predicted molar refractivity (Wildman–Crippen MR) is 82.0 cm³/mol. The van der Waals surface area contributed by atoms with E-state index in [9.17, 15) is 5.11 Å². The molecular formula is C17H22O3. The van der Waals surface area contributed by atoms with Gasteiger partial charge in [-0.1, -0.05) is 50.2 Å². The number of para-hydroxylation sites is 2. The fourth-order valence-corrected chi connectivity index (χ4v) is 1.55. The van der Waals surface area contributed by atoms with Crippen LogP contribution in [-0.4, -0.2) is 17.0 Å². The van der Waals surface area contributed by atoms with Gasteiger partial charge in [0.15, 0.2) is 0 Å². The molecule has 0 bridgehead atoms. The summed E-state index contributed by atoms with van der Waals surface area (Å²) in [6, 6.07) is 16.2. The number of rotatable bonds is 2. The van der Waals surface area contributed by atoms with Crippen LogP contribution < -0.4 is 0 Å². The quantitative estimate of drug-likeness (QED) is 0.866. The van der Waals surface area contributed by atoms with E-state index in [0.29, 0.717) is 17.4 Å². The Balaban J connectivity index is 0.000000345. The van der Waals surface area contributed by atoms with E-state index in [1.54, 1.807) is 30.3 Å². The molecule has 0 radical (unpaired) electrons. The Labute approximate surface area is 120 Å². The van der Waals surface area contributed by atoms with Gasteiger partial charge >= 0.3 is 0 Å². The van der Waals surface area contributed by atoms with E-state index in [1.807, 2.05) is 31.1 Å². The van der Waals surface area contributed by atoms with Gasteiger partial charge in [0.1, 0.15) is 18.3 Å². The normalized spacial score (nSPS) is 10.3. The van der Waals surface area contributed by atoms with Crippen molar-refractivity contribution < 1.29 is 15.0 Å².